The van der Waals surface area contributed by atoms with Crippen molar-refractivity contribution in [3.05, 3.63) is 71.8 Å². The highest BCUT2D eigenvalue weighted by atomic mass is 16.6. The standard InChI is InChI=1S/C26H27NO3/c28-24(9-11-27-10-8-20(18-27)14-19-4-2-1-3-5-19)22-7-6-21-16-25-26(17-23(21)15-22)30-13-12-29-25/h1-7,15-17,20H,8-14,18H2. The van der Waals surface area contributed by atoms with Gasteiger partial charge in [0.05, 0.1) is 0 Å². The molecule has 3 aromatic rings. The van der Waals surface area contributed by atoms with E-state index in [4.69, 9.17) is 9.47 Å². The molecule has 1 saturated heterocycles. The van der Waals surface area contributed by atoms with E-state index in [2.05, 4.69) is 35.2 Å². The molecule has 3 aromatic carbocycles. The van der Waals surface area contributed by atoms with E-state index in [1.165, 1.54) is 12.0 Å². The molecule has 0 radical (unpaired) electrons. The summed E-state index contributed by atoms with van der Waals surface area (Å²) in [5.74, 6) is 2.45. The van der Waals surface area contributed by atoms with Crippen molar-refractivity contribution in [3.63, 3.8) is 0 Å². The minimum absolute atomic E-state index is 0.207. The molecule has 2 aliphatic rings. The maximum absolute atomic E-state index is 12.8. The summed E-state index contributed by atoms with van der Waals surface area (Å²) in [6.07, 6.45) is 2.91. The second-order valence-corrected chi connectivity index (χ2v) is 8.38. The Morgan fingerprint density at radius 2 is 1.70 bits per heavy atom. The van der Waals surface area contributed by atoms with Gasteiger partial charge in [-0.15, -0.1) is 0 Å². The molecule has 0 aliphatic carbocycles. The predicted molar refractivity (Wildman–Crippen MR) is 119 cm³/mol. The summed E-state index contributed by atoms with van der Waals surface area (Å²) < 4.78 is 11.3. The highest BCUT2D eigenvalue weighted by Crippen LogP contribution is 2.35. The van der Waals surface area contributed by atoms with Gasteiger partial charge in [-0.3, -0.25) is 4.79 Å². The fourth-order valence-electron chi connectivity index (χ4n) is 4.59. The van der Waals surface area contributed by atoms with Crippen LogP contribution in [-0.4, -0.2) is 43.5 Å². The fourth-order valence-corrected chi connectivity index (χ4v) is 4.59. The molecule has 5 rings (SSSR count). The molecule has 4 nitrogen and oxygen atoms in total. The molecule has 2 heterocycles. The summed E-state index contributed by atoms with van der Waals surface area (Å²) >= 11 is 0. The van der Waals surface area contributed by atoms with Crippen molar-refractivity contribution in [2.24, 2.45) is 5.92 Å². The van der Waals surface area contributed by atoms with Gasteiger partial charge < -0.3 is 14.4 Å². The smallest absolute Gasteiger partial charge is 0.164 e. The van der Waals surface area contributed by atoms with Crippen molar-refractivity contribution in [2.45, 2.75) is 19.3 Å². The van der Waals surface area contributed by atoms with Gasteiger partial charge in [0.2, 0.25) is 0 Å². The normalized spacial score (nSPS) is 18.6. The zero-order valence-corrected chi connectivity index (χ0v) is 17.2. The van der Waals surface area contributed by atoms with Crippen LogP contribution in [0.3, 0.4) is 0 Å². The van der Waals surface area contributed by atoms with Gasteiger partial charge in [0.1, 0.15) is 13.2 Å². The molecule has 0 spiro atoms. The van der Waals surface area contributed by atoms with Crippen LogP contribution in [0.4, 0.5) is 0 Å². The number of benzene rings is 3. The SMILES string of the molecule is O=C(CCN1CCC(Cc2ccccc2)C1)c1ccc2cc3c(cc2c1)OCCO3. The maximum Gasteiger partial charge on any atom is 0.164 e. The number of nitrogens with zero attached hydrogens (tertiary/aromatic N) is 1. The second-order valence-electron chi connectivity index (χ2n) is 8.38. The number of likely N-dealkylation sites (tertiary alicyclic amines) is 1. The molecular weight excluding hydrogens is 374 g/mol. The van der Waals surface area contributed by atoms with E-state index < -0.39 is 0 Å². The molecule has 1 fully saturated rings. The van der Waals surface area contributed by atoms with Crippen LogP contribution in [0, 0.1) is 5.92 Å². The van der Waals surface area contributed by atoms with Crippen LogP contribution in [0.25, 0.3) is 10.8 Å². The molecule has 154 valence electrons. The van der Waals surface area contributed by atoms with Crippen molar-refractivity contribution in [1.29, 1.82) is 0 Å². The Labute approximate surface area is 177 Å². The number of Topliss-reactive ketones (excluding diaryl/α,β-unsaturated/α-hetero) is 1. The van der Waals surface area contributed by atoms with Gasteiger partial charge in [0, 0.05) is 25.1 Å². The lowest BCUT2D eigenvalue weighted by atomic mass is 9.99. The average Bonchev–Trinajstić information content (AvgIpc) is 3.23. The quantitative estimate of drug-likeness (QED) is 0.559. The lowest BCUT2D eigenvalue weighted by molar-refractivity contribution is 0.0968. The van der Waals surface area contributed by atoms with Crippen LogP contribution < -0.4 is 9.47 Å². The van der Waals surface area contributed by atoms with Crippen molar-refractivity contribution < 1.29 is 14.3 Å². The lowest BCUT2D eigenvalue weighted by Gasteiger charge is -2.19. The van der Waals surface area contributed by atoms with Gasteiger partial charge in [0.15, 0.2) is 17.3 Å². The van der Waals surface area contributed by atoms with E-state index in [0.29, 0.717) is 25.6 Å². The number of fused-ring (bicyclic) bond motifs is 2. The second kappa shape index (κ2) is 8.49. The van der Waals surface area contributed by atoms with E-state index in [-0.39, 0.29) is 5.78 Å². The van der Waals surface area contributed by atoms with Gasteiger partial charge >= 0.3 is 0 Å². The van der Waals surface area contributed by atoms with E-state index in [1.54, 1.807) is 0 Å². The molecule has 0 N–H and O–H groups in total. The highest BCUT2D eigenvalue weighted by Gasteiger charge is 2.23. The number of ketones is 1. The van der Waals surface area contributed by atoms with Gasteiger partial charge in [0.25, 0.3) is 0 Å². The van der Waals surface area contributed by atoms with Crippen LogP contribution >= 0.6 is 0 Å². The van der Waals surface area contributed by atoms with Crippen LogP contribution in [0.2, 0.25) is 0 Å². The minimum atomic E-state index is 0.207. The molecule has 4 heteroatoms. The largest absolute Gasteiger partial charge is 0.486 e. The lowest BCUT2D eigenvalue weighted by Crippen LogP contribution is -2.24. The summed E-state index contributed by atoms with van der Waals surface area (Å²) in [4.78, 5) is 15.3. The zero-order valence-electron chi connectivity index (χ0n) is 17.2. The van der Waals surface area contributed by atoms with E-state index in [0.717, 1.165) is 53.9 Å². The highest BCUT2D eigenvalue weighted by molar-refractivity contribution is 6.00. The minimum Gasteiger partial charge on any atom is -0.486 e. The number of carbonyl (C=O) groups excluding carboxylic acids is 1. The first-order chi connectivity index (χ1) is 14.7. The molecule has 0 saturated carbocycles. The molecule has 1 unspecified atom stereocenters. The van der Waals surface area contributed by atoms with E-state index >= 15 is 0 Å². The zero-order chi connectivity index (χ0) is 20.3. The molecular formula is C26H27NO3. The van der Waals surface area contributed by atoms with Crippen molar-refractivity contribution in [1.82, 2.24) is 4.90 Å². The Hall–Kier alpha value is -2.85. The Kier molecular flexibility index (Phi) is 5.41. The summed E-state index contributed by atoms with van der Waals surface area (Å²) in [7, 11) is 0. The summed E-state index contributed by atoms with van der Waals surface area (Å²) in [5, 5.41) is 2.09. The maximum atomic E-state index is 12.8. The number of carbonyl (C=O) groups is 1. The first-order valence-electron chi connectivity index (χ1n) is 10.9. The number of hydrogen-bond donors (Lipinski definition) is 0. The summed E-state index contributed by atoms with van der Waals surface area (Å²) in [6.45, 7) is 4.16. The van der Waals surface area contributed by atoms with Crippen molar-refractivity contribution >= 4 is 16.6 Å². The van der Waals surface area contributed by atoms with Crippen LogP contribution in [0.1, 0.15) is 28.8 Å². The molecule has 30 heavy (non-hydrogen) atoms. The predicted octanol–water partition coefficient (Wildman–Crippen LogP) is 4.75. The van der Waals surface area contributed by atoms with Crippen LogP contribution in [0.15, 0.2) is 60.7 Å². The monoisotopic (exact) mass is 401 g/mol. The summed E-state index contributed by atoms with van der Waals surface area (Å²) in [6, 6.07) is 20.6. The first-order valence-corrected chi connectivity index (χ1v) is 10.9. The Balaban J connectivity index is 1.19. The van der Waals surface area contributed by atoms with Crippen LogP contribution in [-0.2, 0) is 6.42 Å². The first kappa shape index (κ1) is 19.1. The third-order valence-electron chi connectivity index (χ3n) is 6.22. The van der Waals surface area contributed by atoms with Gasteiger partial charge in [-0.25, -0.2) is 0 Å². The Morgan fingerprint density at radius 3 is 2.50 bits per heavy atom. The van der Waals surface area contributed by atoms with Crippen molar-refractivity contribution in [3.8, 4) is 11.5 Å². The average molecular weight is 402 g/mol. The molecule has 0 aromatic heterocycles. The van der Waals surface area contributed by atoms with Gasteiger partial charge in [-0.05, 0) is 59.8 Å². The van der Waals surface area contributed by atoms with Gasteiger partial charge in [-0.2, -0.15) is 0 Å². The summed E-state index contributed by atoms with van der Waals surface area (Å²) in [5.41, 5.74) is 2.19. The van der Waals surface area contributed by atoms with Crippen molar-refractivity contribution in [2.75, 3.05) is 32.8 Å². The Bertz CT molecular complexity index is 1050. The van der Waals surface area contributed by atoms with E-state index in [9.17, 15) is 4.79 Å². The molecule has 1 atom stereocenters. The number of rotatable bonds is 6. The third-order valence-corrected chi connectivity index (χ3v) is 6.22. The number of ether oxygens (including phenoxy) is 2. The molecule has 0 amide bonds. The molecule has 2 aliphatic heterocycles. The fraction of sp³-hybridized carbons (Fsp3) is 0.346. The third kappa shape index (κ3) is 4.19. The molecule has 0 bridgehead atoms. The van der Waals surface area contributed by atoms with E-state index in [1.807, 2.05) is 30.3 Å². The van der Waals surface area contributed by atoms with Crippen LogP contribution in [0.5, 0.6) is 11.5 Å². The Morgan fingerprint density at radius 1 is 0.933 bits per heavy atom. The number of hydrogen-bond acceptors (Lipinski definition) is 4. The topological polar surface area (TPSA) is 38.8 Å². The van der Waals surface area contributed by atoms with Gasteiger partial charge in [-0.1, -0.05) is 42.5 Å².